The van der Waals surface area contributed by atoms with Crippen molar-refractivity contribution in [3.8, 4) is 11.3 Å². The van der Waals surface area contributed by atoms with Crippen molar-refractivity contribution in [2.45, 2.75) is 12.8 Å². The van der Waals surface area contributed by atoms with E-state index in [1.807, 2.05) is 0 Å². The molecule has 1 aromatic heterocycles. The highest BCUT2D eigenvalue weighted by Crippen LogP contribution is 2.25. The molecule has 5 heteroatoms. The zero-order valence-corrected chi connectivity index (χ0v) is 10.3. The van der Waals surface area contributed by atoms with E-state index in [2.05, 4.69) is 4.98 Å². The Morgan fingerprint density at radius 2 is 1.89 bits per heavy atom. The summed E-state index contributed by atoms with van der Waals surface area (Å²) in [6.45, 7) is 1.52. The van der Waals surface area contributed by atoms with Crippen molar-refractivity contribution < 1.29 is 13.6 Å². The summed E-state index contributed by atoms with van der Waals surface area (Å²) in [6.07, 6.45) is 3.30. The van der Waals surface area contributed by atoms with Gasteiger partial charge in [-0.1, -0.05) is 0 Å². The Labute approximate surface area is 109 Å². The van der Waals surface area contributed by atoms with Gasteiger partial charge in [0.1, 0.15) is 5.82 Å². The van der Waals surface area contributed by atoms with Gasteiger partial charge in [0.25, 0.3) is 5.91 Å². The lowest BCUT2D eigenvalue weighted by Crippen LogP contribution is -2.28. The molecule has 4 nitrogen and oxygen atoms in total. The topological polar surface area (TPSA) is 46.3 Å². The van der Waals surface area contributed by atoms with Gasteiger partial charge >= 0.3 is 0 Å². The quantitative estimate of drug-likeness (QED) is 0.834. The molecule has 19 heavy (non-hydrogen) atoms. The highest BCUT2D eigenvalue weighted by Gasteiger charge is 2.25. The van der Waals surface area contributed by atoms with Gasteiger partial charge in [0.2, 0.25) is 0 Å². The molecule has 1 aliphatic heterocycles. The summed E-state index contributed by atoms with van der Waals surface area (Å²) in [6, 6.07) is 5.83. The van der Waals surface area contributed by atoms with Crippen molar-refractivity contribution in [1.82, 2.24) is 9.88 Å². The first kappa shape index (κ1) is 11.9. The SMILES string of the molecule is O=C(c1ncoc1-c1ccc(F)cc1)N1CCCC1. The van der Waals surface area contributed by atoms with Gasteiger partial charge in [0.15, 0.2) is 17.8 Å². The Bertz CT molecular complexity index is 586. The summed E-state index contributed by atoms with van der Waals surface area (Å²) in [7, 11) is 0. The molecule has 1 amide bonds. The molecule has 0 atom stereocenters. The lowest BCUT2D eigenvalue weighted by molar-refractivity contribution is 0.0788. The summed E-state index contributed by atoms with van der Waals surface area (Å²) in [5.74, 6) is -0.0434. The standard InChI is InChI=1S/C14H13FN2O2/c15-11-5-3-10(4-6-11)13-12(16-9-19-13)14(18)17-7-1-2-8-17/h3-6,9H,1-2,7-8H2. The predicted octanol–water partition coefficient (Wildman–Crippen LogP) is 2.72. The minimum atomic E-state index is -0.323. The molecular formula is C14H13FN2O2. The van der Waals surface area contributed by atoms with E-state index in [0.717, 1.165) is 25.9 Å². The van der Waals surface area contributed by atoms with E-state index < -0.39 is 0 Å². The molecule has 0 radical (unpaired) electrons. The van der Waals surface area contributed by atoms with E-state index in [1.165, 1.54) is 18.5 Å². The van der Waals surface area contributed by atoms with Crippen LogP contribution in [0.25, 0.3) is 11.3 Å². The second-order valence-corrected chi connectivity index (χ2v) is 4.54. The molecule has 1 aliphatic rings. The Balaban J connectivity index is 1.93. The first-order valence-corrected chi connectivity index (χ1v) is 6.24. The van der Waals surface area contributed by atoms with Crippen molar-refractivity contribution >= 4 is 5.91 Å². The number of halogens is 1. The average molecular weight is 260 g/mol. The normalized spacial score (nSPS) is 14.9. The van der Waals surface area contributed by atoms with Gasteiger partial charge in [-0.25, -0.2) is 9.37 Å². The number of carbonyl (C=O) groups excluding carboxylic acids is 1. The van der Waals surface area contributed by atoms with Crippen LogP contribution in [0, 0.1) is 5.82 Å². The summed E-state index contributed by atoms with van der Waals surface area (Å²) in [5.41, 5.74) is 0.954. The summed E-state index contributed by atoms with van der Waals surface area (Å²) < 4.78 is 18.2. The molecule has 1 fully saturated rings. The van der Waals surface area contributed by atoms with Gasteiger partial charge in [0, 0.05) is 18.7 Å². The Morgan fingerprint density at radius 3 is 2.58 bits per heavy atom. The number of rotatable bonds is 2. The number of hydrogen-bond donors (Lipinski definition) is 0. The van der Waals surface area contributed by atoms with E-state index in [1.54, 1.807) is 17.0 Å². The van der Waals surface area contributed by atoms with Gasteiger partial charge in [-0.2, -0.15) is 0 Å². The van der Waals surface area contributed by atoms with Crippen molar-refractivity contribution in [2.75, 3.05) is 13.1 Å². The molecule has 1 saturated heterocycles. The highest BCUT2D eigenvalue weighted by atomic mass is 19.1. The Kier molecular flexibility index (Phi) is 3.03. The van der Waals surface area contributed by atoms with Crippen molar-refractivity contribution in [2.24, 2.45) is 0 Å². The van der Waals surface area contributed by atoms with Crippen LogP contribution in [-0.2, 0) is 0 Å². The Hall–Kier alpha value is -2.17. The van der Waals surface area contributed by atoms with E-state index in [9.17, 15) is 9.18 Å². The summed E-state index contributed by atoms with van der Waals surface area (Å²) >= 11 is 0. The van der Waals surface area contributed by atoms with Gasteiger partial charge in [0.05, 0.1) is 0 Å². The molecular weight excluding hydrogens is 247 g/mol. The molecule has 0 bridgehead atoms. The molecule has 0 aliphatic carbocycles. The van der Waals surface area contributed by atoms with Crippen molar-refractivity contribution in [1.29, 1.82) is 0 Å². The van der Waals surface area contributed by atoms with Crippen LogP contribution in [0.15, 0.2) is 35.1 Å². The number of carbonyl (C=O) groups is 1. The maximum Gasteiger partial charge on any atom is 0.276 e. The Morgan fingerprint density at radius 1 is 1.21 bits per heavy atom. The fourth-order valence-electron chi connectivity index (χ4n) is 2.27. The van der Waals surface area contributed by atoms with Crippen molar-refractivity contribution in [3.05, 3.63) is 42.2 Å². The number of likely N-dealkylation sites (tertiary alicyclic amines) is 1. The van der Waals surface area contributed by atoms with Gasteiger partial charge in [-0.05, 0) is 37.1 Å². The molecule has 0 spiro atoms. The summed E-state index contributed by atoms with van der Waals surface area (Å²) in [5, 5.41) is 0. The third-order valence-corrected chi connectivity index (χ3v) is 3.27. The van der Waals surface area contributed by atoms with Gasteiger partial charge in [-0.15, -0.1) is 0 Å². The van der Waals surface area contributed by atoms with Gasteiger partial charge in [-0.3, -0.25) is 4.79 Å². The van der Waals surface area contributed by atoms with E-state index in [0.29, 0.717) is 17.0 Å². The predicted molar refractivity (Wildman–Crippen MR) is 67.0 cm³/mol. The molecule has 3 rings (SSSR count). The van der Waals surface area contributed by atoms with Crippen LogP contribution in [0.4, 0.5) is 4.39 Å². The molecule has 0 unspecified atom stereocenters. The van der Waals surface area contributed by atoms with Crippen LogP contribution in [0.5, 0.6) is 0 Å². The minimum absolute atomic E-state index is 0.120. The molecule has 0 N–H and O–H groups in total. The maximum atomic E-state index is 12.9. The number of aromatic nitrogens is 1. The van der Waals surface area contributed by atoms with E-state index in [4.69, 9.17) is 4.42 Å². The number of hydrogen-bond acceptors (Lipinski definition) is 3. The first-order chi connectivity index (χ1) is 9.25. The number of nitrogens with zero attached hydrogens (tertiary/aromatic N) is 2. The van der Waals surface area contributed by atoms with Crippen LogP contribution in [-0.4, -0.2) is 28.9 Å². The fraction of sp³-hybridized carbons (Fsp3) is 0.286. The first-order valence-electron chi connectivity index (χ1n) is 6.24. The second kappa shape index (κ2) is 4.84. The molecule has 2 heterocycles. The third kappa shape index (κ3) is 2.23. The van der Waals surface area contributed by atoms with Crippen LogP contribution in [0.3, 0.4) is 0 Å². The van der Waals surface area contributed by atoms with Crippen molar-refractivity contribution in [3.63, 3.8) is 0 Å². The number of oxazole rings is 1. The molecule has 1 aromatic carbocycles. The monoisotopic (exact) mass is 260 g/mol. The average Bonchev–Trinajstić information content (AvgIpc) is 3.10. The minimum Gasteiger partial charge on any atom is -0.443 e. The zero-order chi connectivity index (χ0) is 13.2. The van der Waals surface area contributed by atoms with E-state index in [-0.39, 0.29) is 11.7 Å². The fourth-order valence-corrected chi connectivity index (χ4v) is 2.27. The summed E-state index contributed by atoms with van der Waals surface area (Å²) in [4.78, 5) is 18.1. The number of benzene rings is 1. The van der Waals surface area contributed by atoms with E-state index >= 15 is 0 Å². The van der Waals surface area contributed by atoms with Crippen LogP contribution >= 0.6 is 0 Å². The molecule has 0 saturated carbocycles. The van der Waals surface area contributed by atoms with Crippen LogP contribution in [0.2, 0.25) is 0 Å². The highest BCUT2D eigenvalue weighted by molar-refractivity contribution is 5.97. The second-order valence-electron chi connectivity index (χ2n) is 4.54. The molecule has 98 valence electrons. The number of amides is 1. The van der Waals surface area contributed by atoms with Crippen LogP contribution in [0.1, 0.15) is 23.3 Å². The lowest BCUT2D eigenvalue weighted by atomic mass is 10.1. The van der Waals surface area contributed by atoms with Crippen LogP contribution < -0.4 is 0 Å². The largest absolute Gasteiger partial charge is 0.443 e. The third-order valence-electron chi connectivity index (χ3n) is 3.27. The van der Waals surface area contributed by atoms with Gasteiger partial charge < -0.3 is 9.32 Å². The zero-order valence-electron chi connectivity index (χ0n) is 10.3. The maximum absolute atomic E-state index is 12.9. The smallest absolute Gasteiger partial charge is 0.276 e. The molecule has 2 aromatic rings. The lowest BCUT2D eigenvalue weighted by Gasteiger charge is -2.13.